The fraction of sp³-hybridized carbons (Fsp3) is 0.333. The summed E-state index contributed by atoms with van der Waals surface area (Å²) in [7, 11) is -8.66. The van der Waals surface area contributed by atoms with Gasteiger partial charge in [-0.1, -0.05) is 24.6 Å². The molecule has 0 bridgehead atoms. The third-order valence-corrected chi connectivity index (χ3v) is 8.26. The first kappa shape index (κ1) is 20.8. The van der Waals surface area contributed by atoms with Crippen molar-refractivity contribution in [2.75, 3.05) is 13.1 Å². The number of piperidine rings is 1. The van der Waals surface area contributed by atoms with Crippen LogP contribution >= 0.6 is 0 Å². The van der Waals surface area contributed by atoms with Gasteiger partial charge in [-0.2, -0.15) is 17.5 Å². The number of alkyl halides is 3. The molecule has 0 saturated carbocycles. The van der Waals surface area contributed by atoms with E-state index in [9.17, 15) is 30.0 Å². The Hall–Kier alpha value is -1.91. The number of rotatable bonds is 4. The minimum absolute atomic E-state index is 0.106. The van der Waals surface area contributed by atoms with Crippen molar-refractivity contribution in [1.82, 2.24) is 4.31 Å². The zero-order chi connectivity index (χ0) is 20.6. The maximum Gasteiger partial charge on any atom is 0.417 e. The van der Waals surface area contributed by atoms with Crippen LogP contribution in [0, 0.1) is 0 Å². The Morgan fingerprint density at radius 3 is 1.96 bits per heavy atom. The molecule has 1 fully saturated rings. The van der Waals surface area contributed by atoms with Crippen molar-refractivity contribution in [3.63, 3.8) is 0 Å². The van der Waals surface area contributed by atoms with Crippen LogP contribution in [0.5, 0.6) is 0 Å². The van der Waals surface area contributed by atoms with Crippen LogP contribution in [-0.2, 0) is 26.0 Å². The molecule has 10 heteroatoms. The fourth-order valence-corrected chi connectivity index (χ4v) is 6.23. The second-order valence-corrected chi connectivity index (χ2v) is 10.3. The van der Waals surface area contributed by atoms with Gasteiger partial charge >= 0.3 is 6.18 Å². The molecule has 28 heavy (non-hydrogen) atoms. The molecular weight excluding hydrogens is 415 g/mol. The van der Waals surface area contributed by atoms with Crippen molar-refractivity contribution < 1.29 is 30.0 Å². The van der Waals surface area contributed by atoms with Gasteiger partial charge in [-0.25, -0.2) is 16.8 Å². The Morgan fingerprint density at radius 2 is 1.39 bits per heavy atom. The van der Waals surface area contributed by atoms with E-state index in [2.05, 4.69) is 0 Å². The molecule has 5 nitrogen and oxygen atoms in total. The molecule has 0 spiro atoms. The average molecular weight is 433 g/mol. The van der Waals surface area contributed by atoms with Gasteiger partial charge in [-0.05, 0) is 43.2 Å². The number of sulfone groups is 1. The van der Waals surface area contributed by atoms with Gasteiger partial charge in [0.2, 0.25) is 19.9 Å². The largest absolute Gasteiger partial charge is 0.417 e. The number of halogens is 3. The Bertz CT molecular complexity index is 1060. The molecular formula is C18H18F3NO4S2. The van der Waals surface area contributed by atoms with Crippen molar-refractivity contribution in [3.05, 3.63) is 54.1 Å². The summed E-state index contributed by atoms with van der Waals surface area (Å²) in [6.07, 6.45) is -3.06. The molecule has 3 rings (SSSR count). The quantitative estimate of drug-likeness (QED) is 0.737. The molecule has 1 aliphatic heterocycles. The highest BCUT2D eigenvalue weighted by Crippen LogP contribution is 2.37. The third kappa shape index (κ3) is 3.94. The summed E-state index contributed by atoms with van der Waals surface area (Å²) in [5.74, 6) is 0. The maximum atomic E-state index is 13.5. The summed E-state index contributed by atoms with van der Waals surface area (Å²) in [6.45, 7) is 0.213. The number of nitrogens with zero attached hydrogens (tertiary/aromatic N) is 1. The summed E-state index contributed by atoms with van der Waals surface area (Å²) < 4.78 is 92.7. The van der Waals surface area contributed by atoms with E-state index in [1.165, 1.54) is 24.3 Å². The second-order valence-electron chi connectivity index (χ2n) is 6.44. The lowest BCUT2D eigenvalue weighted by Crippen LogP contribution is -2.36. The molecule has 0 radical (unpaired) electrons. The Balaban J connectivity index is 2.19. The van der Waals surface area contributed by atoms with Gasteiger partial charge in [-0.3, -0.25) is 0 Å². The van der Waals surface area contributed by atoms with E-state index in [4.69, 9.17) is 0 Å². The number of benzene rings is 2. The van der Waals surface area contributed by atoms with Crippen molar-refractivity contribution in [2.24, 2.45) is 0 Å². The maximum absolute atomic E-state index is 13.5. The van der Waals surface area contributed by atoms with Crippen LogP contribution in [-0.4, -0.2) is 34.2 Å². The summed E-state index contributed by atoms with van der Waals surface area (Å²) in [5.41, 5.74) is -1.37. The fourth-order valence-electron chi connectivity index (χ4n) is 3.10. The minimum Gasteiger partial charge on any atom is -0.219 e. The molecule has 1 heterocycles. The molecule has 152 valence electrons. The predicted octanol–water partition coefficient (Wildman–Crippen LogP) is 3.71. The summed E-state index contributed by atoms with van der Waals surface area (Å²) in [4.78, 5) is -1.66. The SMILES string of the molecule is O=S(=O)(c1ccccc1)c1ccc(C(F)(F)F)c(S(=O)(=O)N2CCCCC2)c1. The van der Waals surface area contributed by atoms with Crippen molar-refractivity contribution >= 4 is 19.9 Å². The molecule has 1 saturated heterocycles. The zero-order valence-electron chi connectivity index (χ0n) is 14.7. The van der Waals surface area contributed by atoms with Crippen LogP contribution in [0.4, 0.5) is 13.2 Å². The van der Waals surface area contributed by atoms with Gasteiger partial charge in [0.25, 0.3) is 0 Å². The van der Waals surface area contributed by atoms with Gasteiger partial charge in [0.05, 0.1) is 20.2 Å². The molecule has 0 N–H and O–H groups in total. The van der Waals surface area contributed by atoms with Gasteiger partial charge in [0.15, 0.2) is 0 Å². The van der Waals surface area contributed by atoms with Crippen LogP contribution in [0.25, 0.3) is 0 Å². The highest BCUT2D eigenvalue weighted by molar-refractivity contribution is 7.91. The first-order valence-corrected chi connectivity index (χ1v) is 11.5. The highest BCUT2D eigenvalue weighted by Gasteiger charge is 2.40. The lowest BCUT2D eigenvalue weighted by molar-refractivity contribution is -0.140. The van der Waals surface area contributed by atoms with Crippen LogP contribution in [0.1, 0.15) is 24.8 Å². The topological polar surface area (TPSA) is 71.5 Å². The van der Waals surface area contributed by atoms with Crippen LogP contribution < -0.4 is 0 Å². The van der Waals surface area contributed by atoms with Gasteiger partial charge in [0.1, 0.15) is 0 Å². The third-order valence-electron chi connectivity index (χ3n) is 4.56. The Kier molecular flexibility index (Phi) is 5.57. The van der Waals surface area contributed by atoms with Crippen molar-refractivity contribution in [1.29, 1.82) is 0 Å². The first-order chi connectivity index (χ1) is 13.0. The summed E-state index contributed by atoms with van der Waals surface area (Å²) in [6, 6.07) is 9.07. The van der Waals surface area contributed by atoms with Crippen LogP contribution in [0.15, 0.2) is 63.2 Å². The van der Waals surface area contributed by atoms with Crippen LogP contribution in [0.3, 0.4) is 0 Å². The molecule has 0 aliphatic carbocycles. The summed E-state index contributed by atoms with van der Waals surface area (Å²) >= 11 is 0. The number of hydrogen-bond acceptors (Lipinski definition) is 4. The van der Waals surface area contributed by atoms with E-state index >= 15 is 0 Å². The predicted molar refractivity (Wildman–Crippen MR) is 95.9 cm³/mol. The minimum atomic E-state index is -4.94. The molecule has 1 aliphatic rings. The molecule has 0 atom stereocenters. The summed E-state index contributed by atoms with van der Waals surface area (Å²) in [5, 5.41) is 0. The molecule has 0 amide bonds. The van der Waals surface area contributed by atoms with E-state index in [0.29, 0.717) is 25.0 Å². The smallest absolute Gasteiger partial charge is 0.219 e. The monoisotopic (exact) mass is 433 g/mol. The highest BCUT2D eigenvalue weighted by atomic mass is 32.2. The van der Waals surface area contributed by atoms with E-state index in [1.54, 1.807) is 6.07 Å². The normalized spacial score (nSPS) is 16.8. The molecule has 2 aromatic carbocycles. The van der Waals surface area contributed by atoms with E-state index in [-0.39, 0.29) is 18.0 Å². The van der Waals surface area contributed by atoms with E-state index in [0.717, 1.165) is 16.8 Å². The van der Waals surface area contributed by atoms with Crippen molar-refractivity contribution in [3.8, 4) is 0 Å². The van der Waals surface area contributed by atoms with E-state index < -0.39 is 41.4 Å². The van der Waals surface area contributed by atoms with Crippen molar-refractivity contribution in [2.45, 2.75) is 40.1 Å². The zero-order valence-corrected chi connectivity index (χ0v) is 16.3. The van der Waals surface area contributed by atoms with Gasteiger partial charge in [0, 0.05) is 13.1 Å². The Labute approximate surface area is 161 Å². The van der Waals surface area contributed by atoms with Gasteiger partial charge in [-0.15, -0.1) is 0 Å². The first-order valence-electron chi connectivity index (χ1n) is 8.56. The van der Waals surface area contributed by atoms with Gasteiger partial charge < -0.3 is 0 Å². The average Bonchev–Trinajstić information content (AvgIpc) is 2.68. The van der Waals surface area contributed by atoms with Crippen LogP contribution in [0.2, 0.25) is 0 Å². The molecule has 0 aromatic heterocycles. The standard InChI is InChI=1S/C18H18F3NO4S2/c19-18(20,21)16-10-9-15(27(23,24)14-7-3-1-4-8-14)13-17(16)28(25,26)22-11-5-2-6-12-22/h1,3-4,7-10,13H,2,5-6,11-12H2. The van der Waals surface area contributed by atoms with E-state index in [1.807, 2.05) is 0 Å². The molecule has 2 aromatic rings. The second kappa shape index (κ2) is 7.49. The number of hydrogen-bond donors (Lipinski definition) is 0. The lowest BCUT2D eigenvalue weighted by Gasteiger charge is -2.27. The molecule has 0 unspecified atom stereocenters. The Morgan fingerprint density at radius 1 is 0.786 bits per heavy atom. The lowest BCUT2D eigenvalue weighted by atomic mass is 10.2. The number of sulfonamides is 1.